The summed E-state index contributed by atoms with van der Waals surface area (Å²) in [5, 5.41) is 10.7. The average molecular weight is 1510 g/mol. The van der Waals surface area contributed by atoms with Crippen molar-refractivity contribution in [1.82, 2.24) is 0 Å². The minimum absolute atomic E-state index is 0.106. The summed E-state index contributed by atoms with van der Waals surface area (Å²) in [5.41, 5.74) is 0. The third-order valence-electron chi connectivity index (χ3n) is 19.7. The van der Waals surface area contributed by atoms with Crippen LogP contribution in [0.15, 0.2) is 0 Å². The summed E-state index contributed by atoms with van der Waals surface area (Å²) in [6.07, 6.45) is 66.7. The molecule has 0 aliphatic heterocycles. The lowest BCUT2D eigenvalue weighted by atomic mass is 10.0. The molecule has 0 fully saturated rings. The summed E-state index contributed by atoms with van der Waals surface area (Å²) in [4.78, 5) is 73.2. The number of carbonyl (C=O) groups excluding carboxylic acids is 4. The van der Waals surface area contributed by atoms with Crippen LogP contribution in [0.4, 0.5) is 0 Å². The SMILES string of the molecule is CCCCCCCCCCCCCCCCCCCCCCCC(=O)O[C@H](COC(=O)CCCCCCCCCCCCCCCCCC)COP(=O)(O)OC[C@@H](O)COP(=O)(O)OC[C@@H](COC(=O)CCCCCCCCCCCCC(C)C)OC(=O)CCCCCCCCCCCCC(C)C. The molecule has 0 aliphatic rings. The van der Waals surface area contributed by atoms with Crippen LogP contribution in [-0.4, -0.2) is 96.7 Å². The minimum atomic E-state index is -4.96. The fourth-order valence-corrected chi connectivity index (χ4v) is 14.6. The Morgan fingerprint density at radius 1 is 0.262 bits per heavy atom. The summed E-state index contributed by atoms with van der Waals surface area (Å²) in [5.74, 6) is -0.594. The number of hydrogen-bond acceptors (Lipinski definition) is 15. The first-order valence-corrected chi connectivity index (χ1v) is 46.5. The van der Waals surface area contributed by atoms with Crippen LogP contribution in [-0.2, 0) is 65.4 Å². The van der Waals surface area contributed by atoms with Crippen molar-refractivity contribution in [3.05, 3.63) is 0 Å². The molecule has 17 nitrogen and oxygen atoms in total. The van der Waals surface area contributed by atoms with Crippen molar-refractivity contribution in [2.24, 2.45) is 11.8 Å². The highest BCUT2D eigenvalue weighted by Crippen LogP contribution is 2.45. The van der Waals surface area contributed by atoms with Crippen molar-refractivity contribution in [1.29, 1.82) is 0 Å². The van der Waals surface area contributed by atoms with E-state index in [9.17, 15) is 43.2 Å². The zero-order valence-corrected chi connectivity index (χ0v) is 69.4. The topological polar surface area (TPSA) is 237 Å². The van der Waals surface area contributed by atoms with E-state index in [-0.39, 0.29) is 25.7 Å². The van der Waals surface area contributed by atoms with E-state index in [4.69, 9.17) is 37.0 Å². The molecular formula is C84H164O17P2. The van der Waals surface area contributed by atoms with Gasteiger partial charge in [0.15, 0.2) is 12.2 Å². The lowest BCUT2D eigenvalue weighted by Gasteiger charge is -2.21. The normalized spacial score (nSPS) is 13.9. The van der Waals surface area contributed by atoms with E-state index in [0.29, 0.717) is 25.7 Å². The molecular weight excluding hydrogens is 1340 g/mol. The molecule has 19 heteroatoms. The van der Waals surface area contributed by atoms with Gasteiger partial charge in [0, 0.05) is 25.7 Å². The van der Waals surface area contributed by atoms with Gasteiger partial charge in [-0.15, -0.1) is 0 Å². The lowest BCUT2D eigenvalue weighted by molar-refractivity contribution is -0.161. The maximum Gasteiger partial charge on any atom is 0.472 e. The first kappa shape index (κ1) is 101. The molecule has 2 unspecified atom stereocenters. The molecule has 0 spiro atoms. The first-order valence-electron chi connectivity index (χ1n) is 43.5. The molecule has 3 N–H and O–H groups in total. The Kier molecular flexibility index (Phi) is 74.1. The number of esters is 4. The standard InChI is InChI=1S/C84H164O17P2/c1-7-9-11-13-15-17-19-21-23-25-26-27-28-29-31-33-35-44-50-56-62-68-83(88)100-79(72-94-81(86)66-60-54-48-42-34-32-30-24-22-20-18-16-14-12-10-8-2)74-98-102(90,91)96-70-78(85)71-97-103(92,93)99-75-80(101-84(89)69-63-57-51-45-39-37-41-47-53-59-65-77(5)6)73-95-82(87)67-61-55-49-43-38-36-40-46-52-58-64-76(3)4/h76-80,85H,7-75H2,1-6H3,(H,90,91)(H,92,93)/t78-,79-,80-/m1/s1. The number of carbonyl (C=O) groups is 4. The van der Waals surface area contributed by atoms with Crippen molar-refractivity contribution in [2.45, 2.75) is 464 Å². The van der Waals surface area contributed by atoms with Crippen LogP contribution in [0.1, 0.15) is 446 Å². The number of rotatable bonds is 83. The quantitative estimate of drug-likeness (QED) is 0.0222. The van der Waals surface area contributed by atoms with Crippen LogP contribution in [0.25, 0.3) is 0 Å². The predicted octanol–water partition coefficient (Wildman–Crippen LogP) is 25.5. The third-order valence-corrected chi connectivity index (χ3v) is 21.6. The molecule has 0 saturated heterocycles. The molecule has 5 atom stereocenters. The number of aliphatic hydroxyl groups is 1. The third kappa shape index (κ3) is 78.0. The van der Waals surface area contributed by atoms with Gasteiger partial charge in [-0.2, -0.15) is 0 Å². The Bertz CT molecular complexity index is 1980. The summed E-state index contributed by atoms with van der Waals surface area (Å²) in [6.45, 7) is 9.64. The van der Waals surface area contributed by atoms with Gasteiger partial charge in [0.2, 0.25) is 0 Å². The maximum atomic E-state index is 13.1. The maximum absolute atomic E-state index is 13.1. The highest BCUT2D eigenvalue weighted by atomic mass is 31.2. The fourth-order valence-electron chi connectivity index (χ4n) is 13.1. The second kappa shape index (κ2) is 75.5. The molecule has 0 aliphatic carbocycles. The molecule has 0 amide bonds. The minimum Gasteiger partial charge on any atom is -0.462 e. The Morgan fingerprint density at radius 2 is 0.447 bits per heavy atom. The second-order valence-electron chi connectivity index (χ2n) is 31.2. The van der Waals surface area contributed by atoms with E-state index in [1.165, 1.54) is 263 Å². The first-order chi connectivity index (χ1) is 49.9. The molecule has 0 aromatic rings. The molecule has 0 saturated carbocycles. The molecule has 0 aromatic carbocycles. The summed E-state index contributed by atoms with van der Waals surface area (Å²) in [7, 11) is -9.93. The lowest BCUT2D eigenvalue weighted by Crippen LogP contribution is -2.30. The summed E-state index contributed by atoms with van der Waals surface area (Å²) < 4.78 is 68.8. The smallest absolute Gasteiger partial charge is 0.462 e. The van der Waals surface area contributed by atoms with Crippen molar-refractivity contribution < 1.29 is 80.2 Å². The van der Waals surface area contributed by atoms with Crippen LogP contribution < -0.4 is 0 Å². The van der Waals surface area contributed by atoms with E-state index in [0.717, 1.165) is 102 Å². The Balaban J connectivity index is 5.24. The van der Waals surface area contributed by atoms with Gasteiger partial charge in [0.1, 0.15) is 19.3 Å². The molecule has 0 aromatic heterocycles. The molecule has 0 rings (SSSR count). The highest BCUT2D eigenvalue weighted by molar-refractivity contribution is 7.47. The second-order valence-corrected chi connectivity index (χ2v) is 34.1. The van der Waals surface area contributed by atoms with Crippen LogP contribution in [0.3, 0.4) is 0 Å². The van der Waals surface area contributed by atoms with Gasteiger partial charge < -0.3 is 33.8 Å². The van der Waals surface area contributed by atoms with Gasteiger partial charge >= 0.3 is 39.5 Å². The number of unbranched alkanes of at least 4 members (excludes halogenated alkanes) is 53. The monoisotopic (exact) mass is 1510 g/mol. The Hall–Kier alpha value is -1.94. The van der Waals surface area contributed by atoms with Gasteiger partial charge in [-0.1, -0.05) is 395 Å². The summed E-state index contributed by atoms with van der Waals surface area (Å²) in [6, 6.07) is 0. The molecule has 0 radical (unpaired) electrons. The van der Waals surface area contributed by atoms with Crippen LogP contribution in [0.2, 0.25) is 0 Å². The van der Waals surface area contributed by atoms with Crippen molar-refractivity contribution >= 4 is 39.5 Å². The van der Waals surface area contributed by atoms with Gasteiger partial charge in [0.25, 0.3) is 0 Å². The van der Waals surface area contributed by atoms with Gasteiger partial charge in [-0.3, -0.25) is 37.3 Å². The van der Waals surface area contributed by atoms with Crippen LogP contribution in [0.5, 0.6) is 0 Å². The number of phosphoric acid groups is 2. The van der Waals surface area contributed by atoms with Crippen LogP contribution in [0, 0.1) is 11.8 Å². The molecule has 103 heavy (non-hydrogen) atoms. The van der Waals surface area contributed by atoms with Crippen LogP contribution >= 0.6 is 15.6 Å². The largest absolute Gasteiger partial charge is 0.472 e. The van der Waals surface area contributed by atoms with Crippen molar-refractivity contribution in [3.8, 4) is 0 Å². The van der Waals surface area contributed by atoms with Gasteiger partial charge in [-0.25, -0.2) is 9.13 Å². The number of hydrogen-bond donors (Lipinski definition) is 3. The van der Waals surface area contributed by atoms with Crippen molar-refractivity contribution in [3.63, 3.8) is 0 Å². The highest BCUT2D eigenvalue weighted by Gasteiger charge is 2.30. The predicted molar refractivity (Wildman–Crippen MR) is 423 cm³/mol. The molecule has 612 valence electrons. The number of aliphatic hydroxyl groups excluding tert-OH is 1. The Labute approximate surface area is 632 Å². The zero-order chi connectivity index (χ0) is 75.6. The van der Waals surface area contributed by atoms with Gasteiger partial charge in [0.05, 0.1) is 26.4 Å². The Morgan fingerprint density at radius 3 is 0.660 bits per heavy atom. The summed E-state index contributed by atoms with van der Waals surface area (Å²) >= 11 is 0. The van der Waals surface area contributed by atoms with Crippen molar-refractivity contribution in [2.75, 3.05) is 39.6 Å². The van der Waals surface area contributed by atoms with E-state index >= 15 is 0 Å². The van der Waals surface area contributed by atoms with E-state index in [2.05, 4.69) is 41.5 Å². The van der Waals surface area contributed by atoms with Gasteiger partial charge in [-0.05, 0) is 37.5 Å². The van der Waals surface area contributed by atoms with E-state index in [1.54, 1.807) is 0 Å². The zero-order valence-electron chi connectivity index (χ0n) is 67.6. The van der Waals surface area contributed by atoms with E-state index in [1.807, 2.05) is 0 Å². The van der Waals surface area contributed by atoms with E-state index < -0.39 is 97.5 Å². The number of phosphoric ester groups is 2. The molecule has 0 heterocycles. The number of ether oxygens (including phenoxy) is 4. The fraction of sp³-hybridized carbons (Fsp3) is 0.952. The molecule has 0 bridgehead atoms. The average Bonchev–Trinajstić information content (AvgIpc) is 0.922.